The highest BCUT2D eigenvalue weighted by atomic mass is 35.5. The molecule has 3 aromatic rings. The molecule has 4 rings (SSSR count). The van der Waals surface area contributed by atoms with E-state index >= 15 is 0 Å². The van der Waals surface area contributed by atoms with Crippen LogP contribution in [0.3, 0.4) is 0 Å². The number of benzene rings is 1. The van der Waals surface area contributed by atoms with Gasteiger partial charge in [-0.2, -0.15) is 4.98 Å². The van der Waals surface area contributed by atoms with Gasteiger partial charge in [-0.05, 0) is 23.8 Å². The third-order valence-electron chi connectivity index (χ3n) is 4.72. The molecule has 0 spiro atoms. The first-order valence-corrected chi connectivity index (χ1v) is 10.3. The van der Waals surface area contributed by atoms with Gasteiger partial charge in [0.05, 0.1) is 9.72 Å². The molecule has 0 amide bonds. The molecule has 1 aliphatic heterocycles. The first-order chi connectivity index (χ1) is 14.0. The van der Waals surface area contributed by atoms with Crippen LogP contribution in [0.2, 0.25) is 4.34 Å². The Morgan fingerprint density at radius 3 is 2.72 bits per heavy atom. The SMILES string of the molecule is O=C(O)OC1CCN(c2nc(NCc3ccc(F)cc3)c3cc(Cl)sc3n2)CC1. The van der Waals surface area contributed by atoms with Crippen LogP contribution in [0, 0.1) is 5.82 Å². The third-order valence-corrected chi connectivity index (χ3v) is 5.87. The molecule has 0 radical (unpaired) electrons. The lowest BCUT2D eigenvalue weighted by atomic mass is 10.1. The van der Waals surface area contributed by atoms with Crippen LogP contribution >= 0.6 is 22.9 Å². The summed E-state index contributed by atoms with van der Waals surface area (Å²) >= 11 is 7.56. The van der Waals surface area contributed by atoms with Gasteiger partial charge in [-0.25, -0.2) is 14.2 Å². The maximum absolute atomic E-state index is 13.1. The van der Waals surface area contributed by atoms with Gasteiger partial charge in [0.25, 0.3) is 0 Å². The molecule has 3 heterocycles. The van der Waals surface area contributed by atoms with Crippen molar-refractivity contribution in [3.05, 3.63) is 46.0 Å². The van der Waals surface area contributed by atoms with Gasteiger partial charge in [0.1, 0.15) is 22.6 Å². The van der Waals surface area contributed by atoms with Crippen LogP contribution in [0.5, 0.6) is 0 Å². The van der Waals surface area contributed by atoms with Crippen LogP contribution in [-0.4, -0.2) is 40.4 Å². The van der Waals surface area contributed by atoms with E-state index in [1.165, 1.54) is 23.5 Å². The minimum Gasteiger partial charge on any atom is -0.450 e. The number of ether oxygens (including phenoxy) is 1. The topological polar surface area (TPSA) is 87.6 Å². The average molecular weight is 437 g/mol. The van der Waals surface area contributed by atoms with E-state index in [4.69, 9.17) is 21.4 Å². The molecule has 29 heavy (non-hydrogen) atoms. The fraction of sp³-hybridized carbons (Fsp3) is 0.316. The predicted octanol–water partition coefficient (Wildman–Crippen LogP) is 4.76. The fourth-order valence-corrected chi connectivity index (χ4v) is 4.34. The molecule has 1 fully saturated rings. The molecule has 1 saturated heterocycles. The highest BCUT2D eigenvalue weighted by molar-refractivity contribution is 7.22. The summed E-state index contributed by atoms with van der Waals surface area (Å²) in [6, 6.07) is 8.10. The zero-order chi connectivity index (χ0) is 20.4. The van der Waals surface area contributed by atoms with Gasteiger partial charge >= 0.3 is 6.16 Å². The van der Waals surface area contributed by atoms with E-state index in [1.54, 1.807) is 12.1 Å². The van der Waals surface area contributed by atoms with Crippen LogP contribution in [-0.2, 0) is 11.3 Å². The van der Waals surface area contributed by atoms with Crippen molar-refractivity contribution in [2.75, 3.05) is 23.3 Å². The molecule has 1 aliphatic rings. The zero-order valence-corrected chi connectivity index (χ0v) is 16.8. The highest BCUT2D eigenvalue weighted by Gasteiger charge is 2.24. The van der Waals surface area contributed by atoms with Gasteiger partial charge in [-0.15, -0.1) is 11.3 Å². The molecule has 7 nitrogen and oxygen atoms in total. The minimum atomic E-state index is -1.25. The molecule has 0 atom stereocenters. The molecule has 1 aromatic carbocycles. The number of anilines is 2. The monoisotopic (exact) mass is 436 g/mol. The summed E-state index contributed by atoms with van der Waals surface area (Å²) in [4.78, 5) is 22.8. The second kappa shape index (κ2) is 8.38. The maximum atomic E-state index is 13.1. The molecule has 0 saturated carbocycles. The molecular formula is C19H18ClFN4O3S. The standard InChI is InChI=1S/C19H18ClFN4O3S/c20-15-9-14-16(22-10-11-1-3-12(21)4-2-11)23-18(24-17(14)29-15)25-7-5-13(6-8-25)28-19(26)27/h1-4,9,13H,5-8,10H2,(H,26,27)(H,22,23,24). The second-order valence-corrected chi connectivity index (χ2v) is 8.35. The van der Waals surface area contributed by atoms with Crippen molar-refractivity contribution >= 4 is 51.1 Å². The number of rotatable bonds is 5. The lowest BCUT2D eigenvalue weighted by Gasteiger charge is -2.31. The smallest absolute Gasteiger partial charge is 0.450 e. The Kier molecular flexibility index (Phi) is 5.68. The number of halogens is 2. The van der Waals surface area contributed by atoms with Crippen LogP contribution < -0.4 is 10.2 Å². The van der Waals surface area contributed by atoms with Gasteiger partial charge in [0, 0.05) is 32.5 Å². The Bertz CT molecular complexity index is 1020. The summed E-state index contributed by atoms with van der Waals surface area (Å²) in [7, 11) is 0. The number of fused-ring (bicyclic) bond motifs is 1. The quantitative estimate of drug-likeness (QED) is 0.557. The molecule has 0 unspecified atom stereocenters. The van der Waals surface area contributed by atoms with Crippen LogP contribution in [0.15, 0.2) is 30.3 Å². The highest BCUT2D eigenvalue weighted by Crippen LogP contribution is 2.34. The number of hydrogen-bond acceptors (Lipinski definition) is 7. The fourth-order valence-electron chi connectivity index (χ4n) is 3.26. The van der Waals surface area contributed by atoms with Crippen molar-refractivity contribution in [2.45, 2.75) is 25.5 Å². The second-order valence-electron chi connectivity index (χ2n) is 6.69. The molecule has 0 bridgehead atoms. The summed E-state index contributed by atoms with van der Waals surface area (Å²) in [5.74, 6) is 0.938. The number of carboxylic acid groups (broad SMARTS) is 1. The number of nitrogens with one attached hydrogen (secondary N) is 1. The molecule has 10 heteroatoms. The van der Waals surface area contributed by atoms with Crippen molar-refractivity contribution in [2.24, 2.45) is 0 Å². The number of hydrogen-bond donors (Lipinski definition) is 2. The molecular weight excluding hydrogens is 419 g/mol. The van der Waals surface area contributed by atoms with Crippen molar-refractivity contribution in [3.8, 4) is 0 Å². The average Bonchev–Trinajstić information content (AvgIpc) is 3.07. The summed E-state index contributed by atoms with van der Waals surface area (Å²) in [6.07, 6.45) is -0.393. The van der Waals surface area contributed by atoms with Gasteiger partial charge in [0.2, 0.25) is 5.95 Å². The third kappa shape index (κ3) is 4.68. The van der Waals surface area contributed by atoms with Gasteiger partial charge < -0.3 is 20.1 Å². The number of nitrogens with zero attached hydrogens (tertiary/aromatic N) is 3. The Hall–Kier alpha value is -2.65. The van der Waals surface area contributed by atoms with E-state index in [0.717, 1.165) is 15.8 Å². The molecule has 0 aliphatic carbocycles. The summed E-state index contributed by atoms with van der Waals surface area (Å²) in [5, 5.41) is 12.9. The van der Waals surface area contributed by atoms with Crippen LogP contribution in [0.25, 0.3) is 10.2 Å². The van der Waals surface area contributed by atoms with Gasteiger partial charge in [0.15, 0.2) is 0 Å². The Morgan fingerprint density at radius 1 is 1.31 bits per heavy atom. The van der Waals surface area contributed by atoms with Crippen molar-refractivity contribution in [1.29, 1.82) is 0 Å². The Labute approximate surface area is 175 Å². The van der Waals surface area contributed by atoms with E-state index < -0.39 is 6.16 Å². The van der Waals surface area contributed by atoms with E-state index in [-0.39, 0.29) is 11.9 Å². The molecule has 152 valence electrons. The largest absolute Gasteiger partial charge is 0.506 e. The van der Waals surface area contributed by atoms with Crippen molar-refractivity contribution in [1.82, 2.24) is 9.97 Å². The normalized spacial score (nSPS) is 14.9. The zero-order valence-electron chi connectivity index (χ0n) is 15.3. The first-order valence-electron chi connectivity index (χ1n) is 9.08. The van der Waals surface area contributed by atoms with E-state index in [1.807, 2.05) is 11.0 Å². The number of aromatic nitrogens is 2. The van der Waals surface area contributed by atoms with Crippen LogP contribution in [0.4, 0.5) is 21.0 Å². The summed E-state index contributed by atoms with van der Waals surface area (Å²) < 4.78 is 18.6. The van der Waals surface area contributed by atoms with E-state index in [0.29, 0.717) is 48.6 Å². The van der Waals surface area contributed by atoms with Gasteiger partial charge in [-0.1, -0.05) is 23.7 Å². The lowest BCUT2D eigenvalue weighted by molar-refractivity contribution is 0.0415. The van der Waals surface area contributed by atoms with Gasteiger partial charge in [-0.3, -0.25) is 0 Å². The molecule has 2 N–H and O–H groups in total. The first kappa shape index (κ1) is 19.7. The summed E-state index contributed by atoms with van der Waals surface area (Å²) in [5.41, 5.74) is 0.924. The maximum Gasteiger partial charge on any atom is 0.506 e. The predicted molar refractivity (Wildman–Crippen MR) is 110 cm³/mol. The number of thiophene rings is 1. The Morgan fingerprint density at radius 2 is 2.03 bits per heavy atom. The molecule has 2 aromatic heterocycles. The minimum absolute atomic E-state index is 0.277. The number of carbonyl (C=O) groups is 1. The van der Waals surface area contributed by atoms with E-state index in [2.05, 4.69) is 15.3 Å². The van der Waals surface area contributed by atoms with Crippen molar-refractivity contribution in [3.63, 3.8) is 0 Å². The number of piperidine rings is 1. The van der Waals surface area contributed by atoms with E-state index in [9.17, 15) is 9.18 Å². The summed E-state index contributed by atoms with van der Waals surface area (Å²) in [6.45, 7) is 1.67. The van der Waals surface area contributed by atoms with Crippen LogP contribution in [0.1, 0.15) is 18.4 Å². The lowest BCUT2D eigenvalue weighted by Crippen LogP contribution is -2.38. The van der Waals surface area contributed by atoms with Crippen molar-refractivity contribution < 1.29 is 19.0 Å². The Balaban J connectivity index is 1.54.